The van der Waals surface area contributed by atoms with E-state index in [1.807, 2.05) is 39.8 Å². The van der Waals surface area contributed by atoms with E-state index in [9.17, 15) is 8.42 Å². The molecule has 0 unspecified atom stereocenters. The molecular weight excluding hydrogens is 663 g/mol. The van der Waals surface area contributed by atoms with E-state index in [-0.39, 0.29) is 0 Å². The molecule has 0 aromatic heterocycles. The summed E-state index contributed by atoms with van der Waals surface area (Å²) in [5.74, 6) is 0.807. The Balaban J connectivity index is 2.72. The number of sulfone groups is 1. The lowest BCUT2D eigenvalue weighted by Gasteiger charge is -2.22. The molecule has 2 aromatic rings. The largest absolute Gasteiger partial charge is 0.218 e. The van der Waals surface area contributed by atoms with E-state index in [1.165, 1.54) is 22.3 Å². The zero-order valence-corrected chi connectivity index (χ0v) is 34.2. The predicted octanol–water partition coefficient (Wildman–Crippen LogP) is 13.9. The van der Waals surface area contributed by atoms with Crippen molar-refractivity contribution in [2.75, 3.05) is 11.8 Å². The third-order valence-electron chi connectivity index (χ3n) is 9.19. The summed E-state index contributed by atoms with van der Waals surface area (Å²) in [6.45, 7) is 21.0. The van der Waals surface area contributed by atoms with Crippen molar-refractivity contribution in [3.8, 4) is 0 Å². The first-order chi connectivity index (χ1) is 23.1. The van der Waals surface area contributed by atoms with Crippen LogP contribution in [0.4, 0.5) is 0 Å². The standard InChI is InChI=1S/C44H60Cl2O2S/c1-31(2)15-11-17-33(5)19-13-21-39(27-29-45)43-37(9)35(7)23-25-41(43)49(47,48)42-26-24-36(8)38(10)44(42)40(28-30-46)22-14-20-34(6)18-12-16-32(3)4/h15-16,19-26H,11-14,17-18,27-30H2,1-10H3/b33-19-,34-20-,39-21+,40-22+. The van der Waals surface area contributed by atoms with Crippen LogP contribution in [0.15, 0.2) is 92.8 Å². The maximum Gasteiger partial charge on any atom is 0.207 e. The molecule has 268 valence electrons. The quantitative estimate of drug-likeness (QED) is 0.113. The lowest BCUT2D eigenvalue weighted by molar-refractivity contribution is 0.595. The molecule has 0 saturated carbocycles. The van der Waals surface area contributed by atoms with Gasteiger partial charge in [-0.2, -0.15) is 0 Å². The second-order valence-electron chi connectivity index (χ2n) is 13.8. The zero-order chi connectivity index (χ0) is 36.7. The fourth-order valence-electron chi connectivity index (χ4n) is 5.99. The molecule has 0 aliphatic carbocycles. The van der Waals surface area contributed by atoms with Gasteiger partial charge in [-0.3, -0.25) is 0 Å². The molecule has 0 fully saturated rings. The van der Waals surface area contributed by atoms with E-state index < -0.39 is 9.84 Å². The number of alkyl halides is 2. The van der Waals surface area contributed by atoms with Crippen LogP contribution >= 0.6 is 23.2 Å². The fraction of sp³-hybridized carbons (Fsp3) is 0.455. The van der Waals surface area contributed by atoms with Crippen LogP contribution in [0.1, 0.15) is 126 Å². The summed E-state index contributed by atoms with van der Waals surface area (Å²) < 4.78 is 30.0. The minimum absolute atomic E-state index is 0.334. The Morgan fingerprint density at radius 2 is 0.918 bits per heavy atom. The van der Waals surface area contributed by atoms with Crippen LogP contribution in [-0.4, -0.2) is 20.2 Å². The van der Waals surface area contributed by atoms with Gasteiger partial charge in [0.05, 0.1) is 9.79 Å². The molecule has 0 N–H and O–H groups in total. The van der Waals surface area contributed by atoms with Gasteiger partial charge < -0.3 is 0 Å². The van der Waals surface area contributed by atoms with Gasteiger partial charge in [-0.1, -0.05) is 70.9 Å². The number of aryl methyl sites for hydroxylation is 2. The number of hydrogen-bond donors (Lipinski definition) is 0. The van der Waals surface area contributed by atoms with Crippen LogP contribution in [0, 0.1) is 27.7 Å². The van der Waals surface area contributed by atoms with Gasteiger partial charge in [-0.15, -0.1) is 23.2 Å². The predicted molar refractivity (Wildman–Crippen MR) is 218 cm³/mol. The highest BCUT2D eigenvalue weighted by Crippen LogP contribution is 2.39. The number of hydrogen-bond acceptors (Lipinski definition) is 2. The third kappa shape index (κ3) is 12.9. The van der Waals surface area contributed by atoms with E-state index >= 15 is 0 Å². The zero-order valence-electron chi connectivity index (χ0n) is 31.8. The molecule has 49 heavy (non-hydrogen) atoms. The van der Waals surface area contributed by atoms with Crippen molar-refractivity contribution >= 4 is 44.2 Å². The minimum atomic E-state index is -3.94. The van der Waals surface area contributed by atoms with Crippen molar-refractivity contribution in [1.82, 2.24) is 0 Å². The van der Waals surface area contributed by atoms with E-state index in [2.05, 4.69) is 78.0 Å². The van der Waals surface area contributed by atoms with Crippen LogP contribution in [-0.2, 0) is 9.84 Å². The lowest BCUT2D eigenvalue weighted by atomic mass is 9.94. The molecule has 0 saturated heterocycles. The summed E-state index contributed by atoms with van der Waals surface area (Å²) >= 11 is 12.7. The van der Waals surface area contributed by atoms with Crippen molar-refractivity contribution in [2.24, 2.45) is 0 Å². The minimum Gasteiger partial charge on any atom is -0.218 e. The molecule has 0 atom stereocenters. The molecule has 0 amide bonds. The lowest BCUT2D eigenvalue weighted by Crippen LogP contribution is -2.12. The Labute approximate surface area is 309 Å². The highest BCUT2D eigenvalue weighted by atomic mass is 35.5. The Kier molecular flexibility index (Phi) is 18.2. The van der Waals surface area contributed by atoms with Crippen LogP contribution in [0.25, 0.3) is 11.1 Å². The van der Waals surface area contributed by atoms with Gasteiger partial charge in [0.1, 0.15) is 0 Å². The Hall–Kier alpha value is -2.59. The van der Waals surface area contributed by atoms with Gasteiger partial charge >= 0.3 is 0 Å². The second kappa shape index (κ2) is 20.9. The average Bonchev–Trinajstić information content (AvgIpc) is 3.02. The topological polar surface area (TPSA) is 34.1 Å². The molecule has 2 nitrogen and oxygen atoms in total. The van der Waals surface area contributed by atoms with Crippen molar-refractivity contribution in [3.63, 3.8) is 0 Å². The van der Waals surface area contributed by atoms with Gasteiger partial charge in [-0.05, 0) is 177 Å². The van der Waals surface area contributed by atoms with E-state index in [0.29, 0.717) is 34.4 Å². The van der Waals surface area contributed by atoms with E-state index in [0.717, 1.165) is 83.1 Å². The number of halogens is 2. The normalized spacial score (nSPS) is 13.1. The van der Waals surface area contributed by atoms with Crippen LogP contribution in [0.5, 0.6) is 0 Å². The van der Waals surface area contributed by atoms with E-state index in [4.69, 9.17) is 23.2 Å². The molecule has 0 aliphatic rings. The van der Waals surface area contributed by atoms with Gasteiger partial charge in [0.2, 0.25) is 9.84 Å². The number of allylic oxidation sites excluding steroid dienone is 12. The van der Waals surface area contributed by atoms with Crippen LogP contribution in [0.3, 0.4) is 0 Å². The monoisotopic (exact) mass is 722 g/mol. The molecule has 0 spiro atoms. The summed E-state index contributed by atoms with van der Waals surface area (Å²) in [7, 11) is -3.94. The number of rotatable bonds is 18. The van der Waals surface area contributed by atoms with Crippen molar-refractivity contribution in [2.45, 2.75) is 130 Å². The van der Waals surface area contributed by atoms with Gasteiger partial charge in [-0.25, -0.2) is 8.42 Å². The van der Waals surface area contributed by atoms with Crippen molar-refractivity contribution < 1.29 is 8.42 Å². The van der Waals surface area contributed by atoms with Crippen LogP contribution < -0.4 is 0 Å². The SMILES string of the molecule is CC(C)=CCC/C(C)=C\C/C=C(\CCCl)c1c(S(=O)(=O)c2ccc(C)c(C)c2/C(=C/C/C=C(/C)CCC=C(C)C)CCCl)ccc(C)c1C. The summed E-state index contributed by atoms with van der Waals surface area (Å²) in [5.41, 5.74) is 12.8. The maximum absolute atomic E-state index is 15.0. The highest BCUT2D eigenvalue weighted by molar-refractivity contribution is 7.91. The first-order valence-electron chi connectivity index (χ1n) is 17.7. The second-order valence-corrected chi connectivity index (χ2v) is 16.5. The maximum atomic E-state index is 15.0. The Bertz CT molecular complexity index is 1600. The number of benzene rings is 2. The Morgan fingerprint density at radius 3 is 1.24 bits per heavy atom. The molecular formula is C44H60Cl2O2S. The molecule has 2 rings (SSSR count). The summed E-state index contributed by atoms with van der Waals surface area (Å²) in [4.78, 5) is 0.668. The molecule has 0 bridgehead atoms. The molecule has 0 heterocycles. The fourth-order valence-corrected chi connectivity index (χ4v) is 8.24. The van der Waals surface area contributed by atoms with Gasteiger partial charge in [0.25, 0.3) is 0 Å². The molecule has 5 heteroatoms. The van der Waals surface area contributed by atoms with Gasteiger partial charge in [0, 0.05) is 11.8 Å². The van der Waals surface area contributed by atoms with Crippen molar-refractivity contribution in [1.29, 1.82) is 0 Å². The molecule has 0 radical (unpaired) electrons. The van der Waals surface area contributed by atoms with Crippen molar-refractivity contribution in [3.05, 3.63) is 116 Å². The average molecular weight is 724 g/mol. The summed E-state index contributed by atoms with van der Waals surface area (Å²) in [6, 6.07) is 7.43. The first-order valence-corrected chi connectivity index (χ1v) is 20.2. The summed E-state index contributed by atoms with van der Waals surface area (Å²) in [5, 5.41) is 0. The Morgan fingerprint density at radius 1 is 0.551 bits per heavy atom. The molecule has 0 aliphatic heterocycles. The highest BCUT2D eigenvalue weighted by Gasteiger charge is 2.29. The first kappa shape index (κ1) is 42.6. The smallest absolute Gasteiger partial charge is 0.207 e. The van der Waals surface area contributed by atoms with Gasteiger partial charge in [0.15, 0.2) is 0 Å². The van der Waals surface area contributed by atoms with Crippen LogP contribution in [0.2, 0.25) is 0 Å². The molecule has 2 aromatic carbocycles. The summed E-state index contributed by atoms with van der Waals surface area (Å²) in [6.07, 6.45) is 20.0. The van der Waals surface area contributed by atoms with E-state index in [1.54, 1.807) is 12.1 Å². The third-order valence-corrected chi connectivity index (χ3v) is 11.4.